The van der Waals surface area contributed by atoms with Gasteiger partial charge in [0.15, 0.2) is 17.0 Å². The highest BCUT2D eigenvalue weighted by Gasteiger charge is 2.68. The van der Waals surface area contributed by atoms with E-state index in [9.17, 15) is 14.9 Å². The van der Waals surface area contributed by atoms with E-state index in [-0.39, 0.29) is 10.8 Å². The topological polar surface area (TPSA) is 93.9 Å². The molecule has 0 unspecified atom stereocenters. The summed E-state index contributed by atoms with van der Waals surface area (Å²) in [5, 5.41) is 15.4. The molecule has 0 aromatic heterocycles. The van der Waals surface area contributed by atoms with E-state index >= 15 is 0 Å². The van der Waals surface area contributed by atoms with Crippen LogP contribution in [-0.4, -0.2) is 42.0 Å². The van der Waals surface area contributed by atoms with Gasteiger partial charge in [-0.1, -0.05) is 52.3 Å². The van der Waals surface area contributed by atoms with Crippen LogP contribution in [0.15, 0.2) is 71.2 Å². The zero-order valence-corrected chi connectivity index (χ0v) is 21.5. The number of nitro groups is 1. The van der Waals surface area contributed by atoms with Gasteiger partial charge in [0.2, 0.25) is 0 Å². The van der Waals surface area contributed by atoms with Gasteiger partial charge in [-0.3, -0.25) is 19.8 Å². The predicted molar refractivity (Wildman–Crippen MR) is 139 cm³/mol. The number of rotatable bonds is 7. The molecule has 1 fully saturated rings. The summed E-state index contributed by atoms with van der Waals surface area (Å²) in [5.74, 6) is 0.191. The Labute approximate surface area is 217 Å². The standard InChI is InChI=1S/C27H26BrN3O5/c1-3-35-24-14-18(10-13-23(24)36-16-17-8-11-19(28)12-9-17)20-15-30(2)27(25(20)31(33)34)21-6-4-5-7-22(21)29-26(27)32/h4-14,20,25H,3,15-16H2,1-2H3,(H,29,32)/t20-,25+,27+/m0/s1. The number of likely N-dealkylation sites (tertiary alicyclic amines) is 1. The number of hydrogen-bond acceptors (Lipinski definition) is 6. The number of para-hydroxylation sites is 1. The van der Waals surface area contributed by atoms with E-state index < -0.39 is 17.5 Å². The molecular weight excluding hydrogens is 526 g/mol. The molecule has 2 aliphatic rings. The molecule has 5 rings (SSSR count). The summed E-state index contributed by atoms with van der Waals surface area (Å²) in [6.07, 6.45) is 0. The Bertz CT molecular complexity index is 1320. The zero-order valence-electron chi connectivity index (χ0n) is 19.9. The Balaban J connectivity index is 1.49. The molecule has 3 aromatic rings. The predicted octanol–water partition coefficient (Wildman–Crippen LogP) is 4.95. The van der Waals surface area contributed by atoms with E-state index in [1.807, 2.05) is 60.4 Å². The van der Waals surface area contributed by atoms with Crippen molar-refractivity contribution in [1.29, 1.82) is 0 Å². The molecule has 2 heterocycles. The third-order valence-electron chi connectivity index (χ3n) is 7.04. The quantitative estimate of drug-likeness (QED) is 0.330. The molecule has 0 radical (unpaired) electrons. The number of fused-ring (bicyclic) bond motifs is 2. The molecule has 0 saturated carbocycles. The van der Waals surface area contributed by atoms with Crippen LogP contribution in [0.3, 0.4) is 0 Å². The van der Waals surface area contributed by atoms with E-state index in [4.69, 9.17) is 9.47 Å². The van der Waals surface area contributed by atoms with Gasteiger partial charge in [0.1, 0.15) is 6.61 Å². The molecule has 186 valence electrons. The van der Waals surface area contributed by atoms with Crippen LogP contribution in [0.5, 0.6) is 11.5 Å². The SMILES string of the molecule is CCOc1cc([C@@H]2CN(C)[C@@]3(C(=O)Nc4ccccc43)[C@@H]2[N+](=O)[O-])ccc1OCc1ccc(Br)cc1. The molecule has 2 aliphatic heterocycles. The largest absolute Gasteiger partial charge is 0.490 e. The van der Waals surface area contributed by atoms with Crippen molar-refractivity contribution in [2.24, 2.45) is 0 Å². The summed E-state index contributed by atoms with van der Waals surface area (Å²) in [6.45, 7) is 3.00. The van der Waals surface area contributed by atoms with Gasteiger partial charge in [0.25, 0.3) is 11.9 Å². The monoisotopic (exact) mass is 551 g/mol. The summed E-state index contributed by atoms with van der Waals surface area (Å²) in [7, 11) is 1.78. The van der Waals surface area contributed by atoms with Crippen LogP contribution >= 0.6 is 15.9 Å². The Kier molecular flexibility index (Phi) is 6.44. The molecule has 0 aliphatic carbocycles. The lowest BCUT2D eigenvalue weighted by atomic mass is 9.79. The normalized spacial score (nSPS) is 22.9. The Morgan fingerprint density at radius 3 is 2.58 bits per heavy atom. The van der Waals surface area contributed by atoms with E-state index in [0.717, 1.165) is 15.6 Å². The van der Waals surface area contributed by atoms with Crippen molar-refractivity contribution in [3.05, 3.63) is 98.0 Å². The number of nitrogens with zero attached hydrogens (tertiary/aromatic N) is 2. The van der Waals surface area contributed by atoms with Gasteiger partial charge in [-0.05, 0) is 55.4 Å². The van der Waals surface area contributed by atoms with Crippen LogP contribution < -0.4 is 14.8 Å². The number of likely N-dealkylation sites (N-methyl/N-ethyl adjacent to an activating group) is 1. The number of anilines is 1. The molecule has 3 aromatic carbocycles. The molecule has 1 spiro atoms. The van der Waals surface area contributed by atoms with Gasteiger partial charge in [0.05, 0.1) is 12.5 Å². The van der Waals surface area contributed by atoms with Crippen molar-refractivity contribution in [2.75, 3.05) is 25.5 Å². The maximum absolute atomic E-state index is 13.3. The second kappa shape index (κ2) is 9.55. The molecule has 0 bridgehead atoms. The first-order chi connectivity index (χ1) is 17.4. The van der Waals surface area contributed by atoms with E-state index in [2.05, 4.69) is 21.2 Å². The van der Waals surface area contributed by atoms with Crippen LogP contribution in [0, 0.1) is 10.1 Å². The fraction of sp³-hybridized carbons (Fsp3) is 0.296. The number of hydrogen-bond donors (Lipinski definition) is 1. The molecule has 1 saturated heterocycles. The molecule has 9 heteroatoms. The summed E-state index contributed by atoms with van der Waals surface area (Å²) >= 11 is 3.43. The number of carbonyl (C=O) groups is 1. The highest BCUT2D eigenvalue weighted by atomic mass is 79.9. The fourth-order valence-electron chi connectivity index (χ4n) is 5.46. The number of nitrogens with one attached hydrogen (secondary N) is 1. The molecular formula is C27H26BrN3O5. The van der Waals surface area contributed by atoms with E-state index in [1.165, 1.54) is 0 Å². The lowest BCUT2D eigenvalue weighted by Gasteiger charge is -2.30. The third-order valence-corrected chi connectivity index (χ3v) is 7.57. The minimum Gasteiger partial charge on any atom is -0.490 e. The van der Waals surface area contributed by atoms with E-state index in [0.29, 0.717) is 42.5 Å². The summed E-state index contributed by atoms with van der Waals surface area (Å²) in [5.41, 5.74) is 1.61. The molecule has 36 heavy (non-hydrogen) atoms. The average Bonchev–Trinajstić information content (AvgIpc) is 3.34. The maximum atomic E-state index is 13.3. The minimum atomic E-state index is -1.38. The smallest absolute Gasteiger partial charge is 0.256 e. The lowest BCUT2D eigenvalue weighted by Crippen LogP contribution is -2.54. The number of carbonyl (C=O) groups excluding carboxylic acids is 1. The fourth-order valence-corrected chi connectivity index (χ4v) is 5.73. The number of amides is 1. The van der Waals surface area contributed by atoms with Crippen molar-refractivity contribution in [1.82, 2.24) is 4.90 Å². The third kappa shape index (κ3) is 3.92. The van der Waals surface area contributed by atoms with Gasteiger partial charge in [0, 0.05) is 27.2 Å². The van der Waals surface area contributed by atoms with Gasteiger partial charge >= 0.3 is 0 Å². The van der Waals surface area contributed by atoms with Gasteiger partial charge in [-0.15, -0.1) is 0 Å². The minimum absolute atomic E-state index is 0.311. The van der Waals surface area contributed by atoms with Crippen molar-refractivity contribution in [3.63, 3.8) is 0 Å². The van der Waals surface area contributed by atoms with Crippen LogP contribution in [0.1, 0.15) is 29.5 Å². The zero-order chi connectivity index (χ0) is 25.4. The van der Waals surface area contributed by atoms with Crippen LogP contribution in [-0.2, 0) is 16.9 Å². The summed E-state index contributed by atoms with van der Waals surface area (Å²) in [6, 6.07) is 19.3. The van der Waals surface area contributed by atoms with Crippen molar-refractivity contribution in [3.8, 4) is 11.5 Å². The number of halogens is 1. The molecule has 3 atom stereocenters. The highest BCUT2D eigenvalue weighted by molar-refractivity contribution is 9.10. The van der Waals surface area contributed by atoms with Crippen LogP contribution in [0.4, 0.5) is 5.69 Å². The van der Waals surface area contributed by atoms with Crippen molar-refractivity contribution in [2.45, 2.75) is 31.0 Å². The molecule has 1 amide bonds. The number of benzene rings is 3. The average molecular weight is 552 g/mol. The Morgan fingerprint density at radius 1 is 1.11 bits per heavy atom. The summed E-state index contributed by atoms with van der Waals surface area (Å²) in [4.78, 5) is 27.4. The Morgan fingerprint density at radius 2 is 1.86 bits per heavy atom. The summed E-state index contributed by atoms with van der Waals surface area (Å²) < 4.78 is 12.9. The van der Waals surface area contributed by atoms with Gasteiger partial charge in [-0.25, -0.2) is 0 Å². The second-order valence-electron chi connectivity index (χ2n) is 9.04. The van der Waals surface area contributed by atoms with E-state index in [1.54, 1.807) is 25.2 Å². The van der Waals surface area contributed by atoms with Crippen LogP contribution in [0.2, 0.25) is 0 Å². The molecule has 8 nitrogen and oxygen atoms in total. The first-order valence-electron chi connectivity index (χ1n) is 11.8. The first kappa shape index (κ1) is 24.3. The lowest BCUT2D eigenvalue weighted by molar-refractivity contribution is -0.534. The van der Waals surface area contributed by atoms with Gasteiger partial charge in [-0.2, -0.15) is 0 Å². The molecule has 1 N–H and O–H groups in total. The van der Waals surface area contributed by atoms with Crippen LogP contribution in [0.25, 0.3) is 0 Å². The van der Waals surface area contributed by atoms with Gasteiger partial charge < -0.3 is 14.8 Å². The highest BCUT2D eigenvalue weighted by Crippen LogP contribution is 2.52. The van der Waals surface area contributed by atoms with Crippen molar-refractivity contribution < 1.29 is 19.2 Å². The second-order valence-corrected chi connectivity index (χ2v) is 9.95. The number of ether oxygens (including phenoxy) is 2. The first-order valence-corrected chi connectivity index (χ1v) is 12.5. The van der Waals surface area contributed by atoms with Crippen molar-refractivity contribution >= 4 is 27.5 Å². The Hall–Kier alpha value is -3.43. The maximum Gasteiger partial charge on any atom is 0.256 e.